The van der Waals surface area contributed by atoms with Crippen LogP contribution in [-0.4, -0.2) is 55.4 Å². The molecule has 1 saturated heterocycles. The number of rotatable bonds is 7. The van der Waals surface area contributed by atoms with Crippen LogP contribution in [0.1, 0.15) is 26.7 Å². The third kappa shape index (κ3) is 5.46. The fourth-order valence-electron chi connectivity index (χ4n) is 2.46. The molecule has 1 rings (SSSR count). The van der Waals surface area contributed by atoms with Gasteiger partial charge in [-0.1, -0.05) is 19.9 Å². The highest BCUT2D eigenvalue weighted by atomic mass is 16.1. The molecule has 3 nitrogen and oxygen atoms in total. The number of carbonyl (C=O) groups excluding carboxylic acids is 1. The van der Waals surface area contributed by atoms with Crippen LogP contribution in [0.2, 0.25) is 0 Å². The summed E-state index contributed by atoms with van der Waals surface area (Å²) < 4.78 is 0. The highest BCUT2D eigenvalue weighted by Crippen LogP contribution is 2.18. The molecule has 0 aliphatic carbocycles. The average molecular weight is 238 g/mol. The molecule has 0 amide bonds. The maximum atomic E-state index is 10.2. The summed E-state index contributed by atoms with van der Waals surface area (Å²) in [6, 6.07) is 0. The van der Waals surface area contributed by atoms with Crippen LogP contribution in [0.5, 0.6) is 0 Å². The molecule has 3 heteroatoms. The molecule has 1 aliphatic rings. The predicted octanol–water partition coefficient (Wildman–Crippen LogP) is 1.80. The van der Waals surface area contributed by atoms with E-state index in [9.17, 15) is 4.79 Å². The molecule has 98 valence electrons. The van der Waals surface area contributed by atoms with E-state index in [4.69, 9.17) is 0 Å². The van der Waals surface area contributed by atoms with E-state index in [0.717, 1.165) is 18.7 Å². The first kappa shape index (κ1) is 14.4. The van der Waals surface area contributed by atoms with Crippen LogP contribution >= 0.6 is 0 Å². The third-order valence-electron chi connectivity index (χ3n) is 3.70. The van der Waals surface area contributed by atoms with Crippen molar-refractivity contribution in [3.8, 4) is 0 Å². The Kier molecular flexibility index (Phi) is 7.13. The Labute approximate surface area is 105 Å². The topological polar surface area (TPSA) is 23.6 Å². The van der Waals surface area contributed by atoms with E-state index in [1.54, 1.807) is 6.08 Å². The summed E-state index contributed by atoms with van der Waals surface area (Å²) in [6.45, 7) is 11.3. The van der Waals surface area contributed by atoms with Crippen LogP contribution in [0, 0.1) is 5.92 Å². The van der Waals surface area contributed by atoms with Gasteiger partial charge in [0.15, 0.2) is 0 Å². The fourth-order valence-corrected chi connectivity index (χ4v) is 2.46. The molecule has 0 aromatic carbocycles. The summed E-state index contributed by atoms with van der Waals surface area (Å²) in [4.78, 5) is 15.1. The van der Waals surface area contributed by atoms with Crippen molar-refractivity contribution in [2.24, 2.45) is 5.92 Å². The van der Waals surface area contributed by atoms with E-state index in [2.05, 4.69) is 23.6 Å². The second kappa shape index (κ2) is 8.43. The van der Waals surface area contributed by atoms with Crippen molar-refractivity contribution in [2.45, 2.75) is 26.7 Å². The standard InChI is InChI=1S/C14H26N2O/c1-3-15(4-2)13-14-7-10-16(11-8-14)9-5-6-12-17/h5-6,12,14H,3-4,7-11,13H2,1-2H3. The largest absolute Gasteiger partial charge is 0.304 e. The van der Waals surface area contributed by atoms with Crippen LogP contribution in [0.25, 0.3) is 0 Å². The molecule has 0 bridgehead atoms. The number of piperidine rings is 1. The van der Waals surface area contributed by atoms with E-state index >= 15 is 0 Å². The van der Waals surface area contributed by atoms with Gasteiger partial charge in [0.2, 0.25) is 0 Å². The quantitative estimate of drug-likeness (QED) is 0.499. The van der Waals surface area contributed by atoms with Crippen molar-refractivity contribution in [2.75, 3.05) is 39.3 Å². The van der Waals surface area contributed by atoms with Crippen LogP contribution in [0.15, 0.2) is 12.2 Å². The summed E-state index contributed by atoms with van der Waals surface area (Å²) in [7, 11) is 0. The van der Waals surface area contributed by atoms with E-state index < -0.39 is 0 Å². The van der Waals surface area contributed by atoms with Crippen molar-refractivity contribution >= 4 is 6.29 Å². The lowest BCUT2D eigenvalue weighted by Crippen LogP contribution is -2.38. The molecule has 0 aromatic heterocycles. The molecule has 0 spiro atoms. The number of hydrogen-bond acceptors (Lipinski definition) is 3. The monoisotopic (exact) mass is 238 g/mol. The van der Waals surface area contributed by atoms with E-state index in [1.807, 2.05) is 6.08 Å². The number of carbonyl (C=O) groups is 1. The van der Waals surface area contributed by atoms with Gasteiger partial charge in [0.25, 0.3) is 0 Å². The lowest BCUT2D eigenvalue weighted by molar-refractivity contribution is -0.104. The predicted molar refractivity (Wildman–Crippen MR) is 72.2 cm³/mol. The van der Waals surface area contributed by atoms with Gasteiger partial charge in [-0.05, 0) is 51.0 Å². The first-order valence-electron chi connectivity index (χ1n) is 6.85. The molecule has 0 aromatic rings. The highest BCUT2D eigenvalue weighted by Gasteiger charge is 2.19. The lowest BCUT2D eigenvalue weighted by atomic mass is 9.96. The first-order chi connectivity index (χ1) is 8.30. The second-order valence-corrected chi connectivity index (χ2v) is 4.79. The SMILES string of the molecule is CCN(CC)CC1CCN(CC=CC=O)CC1. The zero-order chi connectivity index (χ0) is 12.5. The van der Waals surface area contributed by atoms with E-state index in [1.165, 1.54) is 45.6 Å². The van der Waals surface area contributed by atoms with Crippen LogP contribution in [0.3, 0.4) is 0 Å². The van der Waals surface area contributed by atoms with Crippen molar-refractivity contribution < 1.29 is 4.79 Å². The fraction of sp³-hybridized carbons (Fsp3) is 0.786. The van der Waals surface area contributed by atoms with Gasteiger partial charge in [-0.25, -0.2) is 0 Å². The molecule has 1 aliphatic heterocycles. The molecule has 0 unspecified atom stereocenters. The van der Waals surface area contributed by atoms with Gasteiger partial charge >= 0.3 is 0 Å². The van der Waals surface area contributed by atoms with Crippen LogP contribution in [-0.2, 0) is 4.79 Å². The Morgan fingerprint density at radius 2 is 1.88 bits per heavy atom. The normalized spacial score (nSPS) is 19.2. The summed E-state index contributed by atoms with van der Waals surface area (Å²) >= 11 is 0. The number of nitrogens with zero attached hydrogens (tertiary/aromatic N) is 2. The third-order valence-corrected chi connectivity index (χ3v) is 3.70. The molecule has 17 heavy (non-hydrogen) atoms. The van der Waals surface area contributed by atoms with Gasteiger partial charge in [-0.3, -0.25) is 9.69 Å². The minimum absolute atomic E-state index is 0.854. The first-order valence-corrected chi connectivity index (χ1v) is 6.85. The van der Waals surface area contributed by atoms with E-state index in [-0.39, 0.29) is 0 Å². The summed E-state index contributed by atoms with van der Waals surface area (Å²) in [5.41, 5.74) is 0. The van der Waals surface area contributed by atoms with Gasteiger partial charge in [-0.2, -0.15) is 0 Å². The molecule has 0 N–H and O–H groups in total. The minimum atomic E-state index is 0.854. The Balaban J connectivity index is 2.21. The molecular weight excluding hydrogens is 212 g/mol. The molecule has 1 heterocycles. The molecule has 0 saturated carbocycles. The van der Waals surface area contributed by atoms with Crippen LogP contribution in [0.4, 0.5) is 0 Å². The number of allylic oxidation sites excluding steroid dienone is 1. The van der Waals surface area contributed by atoms with E-state index in [0.29, 0.717) is 0 Å². The Morgan fingerprint density at radius 1 is 1.24 bits per heavy atom. The van der Waals surface area contributed by atoms with Gasteiger partial charge in [0.1, 0.15) is 6.29 Å². The van der Waals surface area contributed by atoms with Gasteiger partial charge in [-0.15, -0.1) is 0 Å². The van der Waals surface area contributed by atoms with Crippen molar-refractivity contribution in [1.29, 1.82) is 0 Å². The highest BCUT2D eigenvalue weighted by molar-refractivity contribution is 5.64. The smallest absolute Gasteiger partial charge is 0.142 e. The van der Waals surface area contributed by atoms with Gasteiger partial charge < -0.3 is 4.90 Å². The molecule has 0 radical (unpaired) electrons. The number of hydrogen-bond donors (Lipinski definition) is 0. The Hall–Kier alpha value is -0.670. The van der Waals surface area contributed by atoms with Crippen molar-refractivity contribution in [1.82, 2.24) is 9.80 Å². The lowest BCUT2D eigenvalue weighted by Gasteiger charge is -2.33. The average Bonchev–Trinajstić information content (AvgIpc) is 2.38. The van der Waals surface area contributed by atoms with Gasteiger partial charge in [0, 0.05) is 13.1 Å². The second-order valence-electron chi connectivity index (χ2n) is 4.79. The molecular formula is C14H26N2O. The maximum Gasteiger partial charge on any atom is 0.142 e. The summed E-state index contributed by atoms with van der Waals surface area (Å²) in [5.74, 6) is 0.862. The zero-order valence-corrected chi connectivity index (χ0v) is 11.3. The van der Waals surface area contributed by atoms with Crippen LogP contribution < -0.4 is 0 Å². The Morgan fingerprint density at radius 3 is 2.41 bits per heavy atom. The minimum Gasteiger partial charge on any atom is -0.304 e. The molecule has 0 atom stereocenters. The Bertz CT molecular complexity index is 228. The maximum absolute atomic E-state index is 10.2. The number of aldehydes is 1. The summed E-state index contributed by atoms with van der Waals surface area (Å²) in [5, 5.41) is 0. The van der Waals surface area contributed by atoms with Gasteiger partial charge in [0.05, 0.1) is 0 Å². The number of likely N-dealkylation sites (tertiary alicyclic amines) is 1. The molecule has 1 fully saturated rings. The zero-order valence-electron chi connectivity index (χ0n) is 11.3. The summed E-state index contributed by atoms with van der Waals surface area (Å²) in [6.07, 6.45) is 7.00. The van der Waals surface area contributed by atoms with Crippen molar-refractivity contribution in [3.05, 3.63) is 12.2 Å². The van der Waals surface area contributed by atoms with Crippen molar-refractivity contribution in [3.63, 3.8) is 0 Å².